The fourth-order valence-corrected chi connectivity index (χ4v) is 7.61. The molecule has 1 unspecified atom stereocenters. The van der Waals surface area contributed by atoms with Crippen LogP contribution in [-0.2, 0) is 14.9 Å². The third-order valence-corrected chi connectivity index (χ3v) is 9.49. The van der Waals surface area contributed by atoms with Gasteiger partial charge in [0.25, 0.3) is 0 Å². The Bertz CT molecular complexity index is 1340. The first kappa shape index (κ1) is 25.8. The molecule has 0 spiro atoms. The van der Waals surface area contributed by atoms with Gasteiger partial charge in [0.1, 0.15) is 6.10 Å². The SMILES string of the molecule is CC(=O)O[C@H]1CCC[C@@H]1C(C#N)(c1ccccc1)C1CCN(CC2CN(c3ccc4ccncc4c3)C2)CC1. The van der Waals surface area contributed by atoms with E-state index in [4.69, 9.17) is 4.74 Å². The second kappa shape index (κ2) is 11.0. The molecule has 0 amide bonds. The number of esters is 1. The number of nitrogens with zero attached hydrogens (tertiary/aromatic N) is 4. The summed E-state index contributed by atoms with van der Waals surface area (Å²) in [7, 11) is 0. The lowest BCUT2D eigenvalue weighted by atomic mass is 9.59. The average Bonchev–Trinajstić information content (AvgIpc) is 3.40. The lowest BCUT2D eigenvalue weighted by Crippen LogP contribution is -2.54. The molecule has 6 rings (SSSR count). The van der Waals surface area contributed by atoms with E-state index in [2.05, 4.69) is 57.3 Å². The van der Waals surface area contributed by atoms with Crippen molar-refractivity contribution in [2.45, 2.75) is 50.5 Å². The van der Waals surface area contributed by atoms with Crippen LogP contribution in [0.5, 0.6) is 0 Å². The standard InChI is InChI=1S/C33H38N4O2/c1-24(38)39-32-9-5-8-31(32)33(23-34,28-6-3-2-4-7-28)29-13-16-36(17-14-29)20-25-21-37(22-25)30-11-10-26-12-15-35-19-27(26)18-30/h2-4,6-7,10-12,15,18-19,25,29,31-32H,5,8-9,13-14,16-17,20-22H2,1H3/t31-,32-,33?/m0/s1. The highest BCUT2D eigenvalue weighted by atomic mass is 16.5. The van der Waals surface area contributed by atoms with Gasteiger partial charge in [0, 0.05) is 61.9 Å². The van der Waals surface area contributed by atoms with E-state index in [9.17, 15) is 10.1 Å². The van der Waals surface area contributed by atoms with Crippen LogP contribution < -0.4 is 4.90 Å². The van der Waals surface area contributed by atoms with Crippen LogP contribution in [-0.4, -0.2) is 54.7 Å². The van der Waals surface area contributed by atoms with E-state index in [0.717, 1.165) is 70.4 Å². The van der Waals surface area contributed by atoms with E-state index in [1.54, 1.807) is 0 Å². The highest BCUT2D eigenvalue weighted by Crippen LogP contribution is 2.51. The van der Waals surface area contributed by atoms with Crippen molar-refractivity contribution < 1.29 is 9.53 Å². The smallest absolute Gasteiger partial charge is 0.302 e. The monoisotopic (exact) mass is 522 g/mol. The number of pyridine rings is 1. The number of carbonyl (C=O) groups excluding carboxylic acids is 1. The number of hydrogen-bond acceptors (Lipinski definition) is 6. The Morgan fingerprint density at radius 3 is 2.59 bits per heavy atom. The van der Waals surface area contributed by atoms with Gasteiger partial charge in [0.15, 0.2) is 0 Å². The van der Waals surface area contributed by atoms with Gasteiger partial charge in [-0.1, -0.05) is 36.4 Å². The number of likely N-dealkylation sites (tertiary alicyclic amines) is 1. The molecule has 3 fully saturated rings. The molecule has 1 aromatic heterocycles. The molecule has 39 heavy (non-hydrogen) atoms. The Kier molecular flexibility index (Phi) is 7.27. The number of fused-ring (bicyclic) bond motifs is 1. The molecule has 2 aliphatic heterocycles. The molecule has 202 valence electrons. The molecule has 1 saturated carbocycles. The lowest BCUT2D eigenvalue weighted by molar-refractivity contribution is -0.149. The first-order valence-electron chi connectivity index (χ1n) is 14.5. The number of carbonyl (C=O) groups is 1. The Hall–Kier alpha value is -3.43. The van der Waals surface area contributed by atoms with Crippen LogP contribution in [0.1, 0.15) is 44.6 Å². The lowest BCUT2D eigenvalue weighted by Gasteiger charge is -2.48. The maximum atomic E-state index is 11.9. The summed E-state index contributed by atoms with van der Waals surface area (Å²) in [4.78, 5) is 21.3. The fourth-order valence-electron chi connectivity index (χ4n) is 7.61. The van der Waals surface area contributed by atoms with Gasteiger partial charge in [0.2, 0.25) is 0 Å². The molecule has 0 N–H and O–H groups in total. The molecule has 0 bridgehead atoms. The number of piperidine rings is 1. The average molecular weight is 523 g/mol. The van der Waals surface area contributed by atoms with Gasteiger partial charge in [-0.2, -0.15) is 5.26 Å². The summed E-state index contributed by atoms with van der Waals surface area (Å²) in [6.07, 6.45) is 8.40. The highest BCUT2D eigenvalue weighted by molar-refractivity contribution is 5.85. The van der Waals surface area contributed by atoms with E-state index < -0.39 is 5.41 Å². The summed E-state index contributed by atoms with van der Waals surface area (Å²) in [5, 5.41) is 13.3. The van der Waals surface area contributed by atoms with Crippen LogP contribution in [0.4, 0.5) is 5.69 Å². The second-order valence-corrected chi connectivity index (χ2v) is 11.8. The molecular formula is C33H38N4O2. The minimum absolute atomic E-state index is 0.0442. The zero-order valence-corrected chi connectivity index (χ0v) is 22.8. The molecule has 6 nitrogen and oxygen atoms in total. The van der Waals surface area contributed by atoms with Gasteiger partial charge >= 0.3 is 5.97 Å². The third-order valence-electron chi connectivity index (χ3n) is 9.49. The summed E-state index contributed by atoms with van der Waals surface area (Å²) in [5.41, 5.74) is 1.75. The largest absolute Gasteiger partial charge is 0.462 e. The molecular weight excluding hydrogens is 484 g/mol. The van der Waals surface area contributed by atoms with Crippen molar-refractivity contribution in [3.05, 3.63) is 72.6 Å². The number of nitriles is 1. The number of rotatable bonds is 7. The molecule has 3 heterocycles. The van der Waals surface area contributed by atoms with Gasteiger partial charge < -0.3 is 14.5 Å². The zero-order chi connectivity index (χ0) is 26.8. The van der Waals surface area contributed by atoms with Crippen LogP contribution in [0, 0.1) is 29.1 Å². The van der Waals surface area contributed by atoms with E-state index in [0.29, 0.717) is 5.92 Å². The number of ether oxygens (including phenoxy) is 1. The van der Waals surface area contributed by atoms with Crippen LogP contribution in [0.2, 0.25) is 0 Å². The van der Waals surface area contributed by atoms with Crippen LogP contribution in [0.3, 0.4) is 0 Å². The van der Waals surface area contributed by atoms with Gasteiger partial charge in [0.05, 0.1) is 11.5 Å². The topological polar surface area (TPSA) is 69.5 Å². The predicted octanol–water partition coefficient (Wildman–Crippen LogP) is 5.58. The van der Waals surface area contributed by atoms with Gasteiger partial charge in [-0.15, -0.1) is 0 Å². The molecule has 2 saturated heterocycles. The van der Waals surface area contributed by atoms with E-state index in [1.807, 2.05) is 30.6 Å². The molecule has 1 aliphatic carbocycles. The quantitative estimate of drug-likeness (QED) is 0.378. The van der Waals surface area contributed by atoms with Crippen LogP contribution in [0.15, 0.2) is 67.0 Å². The zero-order valence-electron chi connectivity index (χ0n) is 22.8. The van der Waals surface area contributed by atoms with Crippen molar-refractivity contribution in [3.8, 4) is 6.07 Å². The normalized spacial score (nSPS) is 24.2. The van der Waals surface area contributed by atoms with Gasteiger partial charge in [-0.05, 0) is 80.3 Å². The molecule has 2 aromatic carbocycles. The summed E-state index contributed by atoms with van der Waals surface area (Å²) < 4.78 is 5.80. The maximum Gasteiger partial charge on any atom is 0.302 e. The molecule has 3 aromatic rings. The van der Waals surface area contributed by atoms with E-state index in [1.165, 1.54) is 23.4 Å². The number of benzene rings is 2. The van der Waals surface area contributed by atoms with Crippen molar-refractivity contribution in [2.75, 3.05) is 37.6 Å². The number of aromatic nitrogens is 1. The van der Waals surface area contributed by atoms with E-state index in [-0.39, 0.29) is 23.9 Å². The predicted molar refractivity (Wildman–Crippen MR) is 153 cm³/mol. The maximum absolute atomic E-state index is 11.9. The van der Waals surface area contributed by atoms with Crippen molar-refractivity contribution in [1.29, 1.82) is 5.26 Å². The summed E-state index contributed by atoms with van der Waals surface area (Å²) in [6.45, 7) is 6.81. The fraction of sp³-hybridized carbons (Fsp3) is 0.485. The van der Waals surface area contributed by atoms with Crippen molar-refractivity contribution in [1.82, 2.24) is 9.88 Å². The molecule has 0 radical (unpaired) electrons. The first-order chi connectivity index (χ1) is 19.1. The summed E-state index contributed by atoms with van der Waals surface area (Å²) in [5.74, 6) is 0.731. The van der Waals surface area contributed by atoms with Crippen molar-refractivity contribution in [2.24, 2.45) is 17.8 Å². The molecule has 3 aliphatic rings. The molecule has 3 atom stereocenters. The third kappa shape index (κ3) is 5.01. The minimum atomic E-state index is -0.623. The van der Waals surface area contributed by atoms with Crippen molar-refractivity contribution >= 4 is 22.4 Å². The Morgan fingerprint density at radius 1 is 1.05 bits per heavy atom. The Morgan fingerprint density at radius 2 is 1.85 bits per heavy atom. The van der Waals surface area contributed by atoms with Crippen LogP contribution >= 0.6 is 0 Å². The molecule has 6 heteroatoms. The van der Waals surface area contributed by atoms with Gasteiger partial charge in [-0.3, -0.25) is 9.78 Å². The minimum Gasteiger partial charge on any atom is -0.462 e. The number of anilines is 1. The van der Waals surface area contributed by atoms with E-state index >= 15 is 0 Å². The Labute approximate surface area is 231 Å². The summed E-state index contributed by atoms with van der Waals surface area (Å²) in [6, 6.07) is 21.9. The summed E-state index contributed by atoms with van der Waals surface area (Å²) >= 11 is 0. The van der Waals surface area contributed by atoms with Crippen molar-refractivity contribution in [3.63, 3.8) is 0 Å². The van der Waals surface area contributed by atoms with Gasteiger partial charge in [-0.25, -0.2) is 0 Å². The Balaban J connectivity index is 1.11. The number of hydrogen-bond donors (Lipinski definition) is 0. The second-order valence-electron chi connectivity index (χ2n) is 11.8. The first-order valence-corrected chi connectivity index (χ1v) is 14.5. The highest BCUT2D eigenvalue weighted by Gasteiger charge is 2.53. The van der Waals surface area contributed by atoms with Crippen LogP contribution in [0.25, 0.3) is 10.8 Å².